The summed E-state index contributed by atoms with van der Waals surface area (Å²) < 4.78 is 51.1. The summed E-state index contributed by atoms with van der Waals surface area (Å²) in [4.78, 5) is 12.6. The van der Waals surface area contributed by atoms with Gasteiger partial charge in [0, 0.05) is 17.6 Å². The van der Waals surface area contributed by atoms with Crippen LogP contribution in [-0.4, -0.2) is 18.0 Å². The largest absolute Gasteiger partial charge is 0.508 e. The van der Waals surface area contributed by atoms with Gasteiger partial charge in [-0.25, -0.2) is 0 Å². The van der Waals surface area contributed by atoms with Crippen molar-refractivity contribution in [3.05, 3.63) is 88.0 Å². The fourth-order valence-electron chi connectivity index (χ4n) is 3.61. The van der Waals surface area contributed by atoms with Crippen LogP contribution in [0.3, 0.4) is 0 Å². The fraction of sp³-hybridized carbons (Fsp3) is 0.120. The van der Waals surface area contributed by atoms with Gasteiger partial charge in [0.1, 0.15) is 11.5 Å². The first-order chi connectivity index (χ1) is 15.7. The molecule has 0 unspecified atom stereocenters. The zero-order valence-corrected chi connectivity index (χ0v) is 17.2. The quantitative estimate of drug-likeness (QED) is 0.499. The van der Waals surface area contributed by atoms with Gasteiger partial charge in [-0.3, -0.25) is 4.79 Å². The van der Waals surface area contributed by atoms with Gasteiger partial charge in [-0.05, 0) is 65.7 Å². The number of phenols is 1. The number of ether oxygens (including phenoxy) is 2. The molecule has 5 nitrogen and oxygen atoms in total. The van der Waals surface area contributed by atoms with Crippen molar-refractivity contribution in [3.63, 3.8) is 0 Å². The summed E-state index contributed by atoms with van der Waals surface area (Å²) in [7, 11) is 1.35. The number of allylic oxidation sites excluding steroid dienone is 1. The average molecular weight is 451 g/mol. The standard InChI is InChI=1S/C25H16F3NO4/c1-32-23-10-14(8-17-11-16-12-18(30)4-5-19(16)24(17)31)2-7-22(23)33-21-6-3-15(13-29)9-20(21)25(26,27)28/h2-10,12,30H,11H2,1H3. The molecule has 0 bridgehead atoms. The van der Waals surface area contributed by atoms with Crippen LogP contribution in [0.15, 0.2) is 60.2 Å². The molecule has 4 rings (SSSR count). The van der Waals surface area contributed by atoms with E-state index in [2.05, 4.69) is 0 Å². The summed E-state index contributed by atoms with van der Waals surface area (Å²) >= 11 is 0. The number of nitrogens with zero attached hydrogens (tertiary/aromatic N) is 1. The number of rotatable bonds is 4. The number of aromatic hydroxyl groups is 1. The molecule has 0 fully saturated rings. The number of nitriles is 1. The normalized spacial score (nSPS) is 14.2. The first kappa shape index (κ1) is 22.0. The second kappa shape index (κ2) is 8.36. The van der Waals surface area contributed by atoms with E-state index in [1.807, 2.05) is 0 Å². The number of ketones is 1. The van der Waals surface area contributed by atoms with Gasteiger partial charge in [0.2, 0.25) is 0 Å². The number of methoxy groups -OCH3 is 1. The molecule has 0 spiro atoms. The second-order valence-corrected chi connectivity index (χ2v) is 7.35. The smallest absolute Gasteiger partial charge is 0.420 e. The lowest BCUT2D eigenvalue weighted by atomic mass is 10.1. The van der Waals surface area contributed by atoms with Gasteiger partial charge in [0.15, 0.2) is 17.3 Å². The molecule has 0 radical (unpaired) electrons. The first-order valence-corrected chi connectivity index (χ1v) is 9.74. The number of carbonyl (C=O) groups excluding carboxylic acids is 1. The van der Waals surface area contributed by atoms with E-state index in [4.69, 9.17) is 14.7 Å². The summed E-state index contributed by atoms with van der Waals surface area (Å²) in [5.41, 5.74) is 1.13. The van der Waals surface area contributed by atoms with E-state index < -0.39 is 17.5 Å². The minimum absolute atomic E-state index is 0.0424. The van der Waals surface area contributed by atoms with Crippen LogP contribution in [0, 0.1) is 11.3 Å². The highest BCUT2D eigenvalue weighted by Gasteiger charge is 2.35. The highest BCUT2D eigenvalue weighted by atomic mass is 19.4. The third kappa shape index (κ3) is 4.39. The van der Waals surface area contributed by atoms with Crippen molar-refractivity contribution in [1.29, 1.82) is 5.26 Å². The van der Waals surface area contributed by atoms with E-state index >= 15 is 0 Å². The summed E-state index contributed by atoms with van der Waals surface area (Å²) in [5.74, 6) is -0.334. The molecule has 0 aromatic heterocycles. The molecule has 3 aromatic carbocycles. The predicted molar refractivity (Wildman–Crippen MR) is 113 cm³/mol. The Labute approximate surface area is 186 Å². The number of hydrogen-bond acceptors (Lipinski definition) is 5. The van der Waals surface area contributed by atoms with Crippen molar-refractivity contribution in [2.45, 2.75) is 12.6 Å². The third-order valence-electron chi connectivity index (χ3n) is 5.17. The Morgan fingerprint density at radius 3 is 2.48 bits per heavy atom. The van der Waals surface area contributed by atoms with E-state index in [1.165, 1.54) is 25.3 Å². The van der Waals surface area contributed by atoms with Crippen LogP contribution in [0.4, 0.5) is 13.2 Å². The number of fused-ring (bicyclic) bond motifs is 1. The van der Waals surface area contributed by atoms with Crippen molar-refractivity contribution >= 4 is 11.9 Å². The molecule has 0 saturated heterocycles. The molecule has 166 valence electrons. The number of phenolic OH excluding ortho intramolecular Hbond substituents is 1. The van der Waals surface area contributed by atoms with Crippen molar-refractivity contribution in [2.24, 2.45) is 0 Å². The van der Waals surface area contributed by atoms with Gasteiger partial charge in [-0.2, -0.15) is 18.4 Å². The zero-order valence-electron chi connectivity index (χ0n) is 17.2. The van der Waals surface area contributed by atoms with Crippen LogP contribution >= 0.6 is 0 Å². The van der Waals surface area contributed by atoms with Crippen LogP contribution in [-0.2, 0) is 12.6 Å². The minimum Gasteiger partial charge on any atom is -0.508 e. The van der Waals surface area contributed by atoms with Gasteiger partial charge < -0.3 is 14.6 Å². The van der Waals surface area contributed by atoms with Gasteiger partial charge in [-0.1, -0.05) is 6.07 Å². The first-order valence-electron chi connectivity index (χ1n) is 9.74. The van der Waals surface area contributed by atoms with E-state index in [0.29, 0.717) is 23.1 Å². The Bertz CT molecular complexity index is 1340. The minimum atomic E-state index is -4.72. The molecule has 0 saturated carbocycles. The van der Waals surface area contributed by atoms with E-state index in [-0.39, 0.29) is 28.6 Å². The third-order valence-corrected chi connectivity index (χ3v) is 5.17. The Hall–Kier alpha value is -4.25. The van der Waals surface area contributed by atoms with Crippen molar-refractivity contribution in [2.75, 3.05) is 7.11 Å². The number of benzene rings is 3. The van der Waals surface area contributed by atoms with E-state index in [9.17, 15) is 23.1 Å². The maximum absolute atomic E-state index is 13.4. The number of hydrogen-bond donors (Lipinski definition) is 1. The maximum atomic E-state index is 13.4. The molecule has 1 aliphatic carbocycles. The Morgan fingerprint density at radius 2 is 1.79 bits per heavy atom. The number of carbonyl (C=O) groups is 1. The van der Waals surface area contributed by atoms with Crippen molar-refractivity contribution in [3.8, 4) is 29.1 Å². The zero-order chi connectivity index (χ0) is 23.8. The number of Topliss-reactive ketones (excluding diaryl/α,β-unsaturated/α-hetero) is 1. The fourth-order valence-corrected chi connectivity index (χ4v) is 3.61. The van der Waals surface area contributed by atoms with Crippen LogP contribution in [0.2, 0.25) is 0 Å². The lowest BCUT2D eigenvalue weighted by Gasteiger charge is -2.16. The molecule has 33 heavy (non-hydrogen) atoms. The number of alkyl halides is 3. The van der Waals surface area contributed by atoms with Crippen LogP contribution in [0.5, 0.6) is 23.0 Å². The lowest BCUT2D eigenvalue weighted by Crippen LogP contribution is -2.08. The molecule has 1 N–H and O–H groups in total. The van der Waals surface area contributed by atoms with Gasteiger partial charge >= 0.3 is 6.18 Å². The van der Waals surface area contributed by atoms with Crippen LogP contribution < -0.4 is 9.47 Å². The molecular formula is C25H16F3NO4. The van der Waals surface area contributed by atoms with Gasteiger partial charge in [-0.15, -0.1) is 0 Å². The van der Waals surface area contributed by atoms with Gasteiger partial charge in [0.05, 0.1) is 24.3 Å². The molecular weight excluding hydrogens is 435 g/mol. The summed E-state index contributed by atoms with van der Waals surface area (Å²) in [6.07, 6.45) is -2.70. The summed E-state index contributed by atoms with van der Waals surface area (Å²) in [5, 5.41) is 18.5. The second-order valence-electron chi connectivity index (χ2n) is 7.35. The topological polar surface area (TPSA) is 79.6 Å². The molecule has 3 aromatic rings. The van der Waals surface area contributed by atoms with Crippen LogP contribution in [0.1, 0.15) is 32.6 Å². The SMILES string of the molecule is COc1cc(C=C2Cc3cc(O)ccc3C2=O)ccc1Oc1ccc(C#N)cc1C(F)(F)F. The Balaban J connectivity index is 1.65. The lowest BCUT2D eigenvalue weighted by molar-refractivity contribution is -0.138. The molecule has 0 heterocycles. The number of halogens is 3. The molecule has 8 heteroatoms. The summed E-state index contributed by atoms with van der Waals surface area (Å²) in [6.45, 7) is 0. The van der Waals surface area contributed by atoms with E-state index in [1.54, 1.807) is 36.4 Å². The summed E-state index contributed by atoms with van der Waals surface area (Å²) in [6, 6.07) is 13.9. The highest BCUT2D eigenvalue weighted by Crippen LogP contribution is 2.41. The molecule has 0 aliphatic heterocycles. The molecule has 0 amide bonds. The average Bonchev–Trinajstić information content (AvgIpc) is 3.08. The molecule has 0 atom stereocenters. The van der Waals surface area contributed by atoms with Crippen molar-refractivity contribution < 1.29 is 32.5 Å². The highest BCUT2D eigenvalue weighted by molar-refractivity contribution is 6.15. The maximum Gasteiger partial charge on any atom is 0.420 e. The van der Waals surface area contributed by atoms with E-state index in [0.717, 1.165) is 17.7 Å². The Kier molecular flexibility index (Phi) is 5.56. The van der Waals surface area contributed by atoms with Crippen LogP contribution in [0.25, 0.3) is 6.08 Å². The van der Waals surface area contributed by atoms with Crippen molar-refractivity contribution in [1.82, 2.24) is 0 Å². The monoisotopic (exact) mass is 451 g/mol. The Morgan fingerprint density at radius 1 is 1.03 bits per heavy atom. The molecule has 1 aliphatic rings. The van der Waals surface area contributed by atoms with Gasteiger partial charge in [0.25, 0.3) is 0 Å². The predicted octanol–water partition coefficient (Wildman–Crippen LogP) is 5.91.